The molecule has 0 bridgehead atoms. The molecule has 5 nitrogen and oxygen atoms in total. The van der Waals surface area contributed by atoms with Gasteiger partial charge in [-0.3, -0.25) is 4.99 Å². The molecule has 1 aliphatic rings. The van der Waals surface area contributed by atoms with Crippen molar-refractivity contribution in [2.24, 2.45) is 4.99 Å². The molecule has 0 unspecified atom stereocenters. The summed E-state index contributed by atoms with van der Waals surface area (Å²) in [5.41, 5.74) is 0.163. The SMILES string of the molecule is CC1(C)CCSC(=NCCc2ncon2)N1. The average Bonchev–Trinajstić information content (AvgIpc) is 2.69. The minimum atomic E-state index is 0.163. The molecule has 0 aromatic carbocycles. The number of aliphatic imine (C=N–C) groups is 1. The van der Waals surface area contributed by atoms with Gasteiger partial charge in [0.25, 0.3) is 0 Å². The van der Waals surface area contributed by atoms with Gasteiger partial charge in [-0.25, -0.2) is 0 Å². The van der Waals surface area contributed by atoms with E-state index in [1.165, 1.54) is 12.8 Å². The molecule has 1 saturated heterocycles. The number of nitrogens with one attached hydrogen (secondary N) is 1. The van der Waals surface area contributed by atoms with E-state index in [1.54, 1.807) is 11.8 Å². The van der Waals surface area contributed by atoms with Crippen molar-refractivity contribution in [1.29, 1.82) is 0 Å². The summed E-state index contributed by atoms with van der Waals surface area (Å²) in [5.74, 6) is 1.84. The molecular weight excluding hydrogens is 224 g/mol. The molecule has 1 aromatic heterocycles. The van der Waals surface area contributed by atoms with E-state index in [0.717, 1.165) is 17.3 Å². The summed E-state index contributed by atoms with van der Waals surface area (Å²) in [5, 5.41) is 8.19. The Balaban J connectivity index is 1.83. The van der Waals surface area contributed by atoms with Crippen molar-refractivity contribution < 1.29 is 4.52 Å². The largest absolute Gasteiger partial charge is 0.360 e. The minimum Gasteiger partial charge on any atom is -0.360 e. The molecule has 1 aliphatic heterocycles. The van der Waals surface area contributed by atoms with E-state index < -0.39 is 0 Å². The van der Waals surface area contributed by atoms with Crippen LogP contribution in [0.1, 0.15) is 26.1 Å². The number of amidine groups is 1. The van der Waals surface area contributed by atoms with Crippen LogP contribution in [-0.2, 0) is 6.42 Å². The van der Waals surface area contributed by atoms with Crippen LogP contribution in [0.15, 0.2) is 15.9 Å². The van der Waals surface area contributed by atoms with Gasteiger partial charge < -0.3 is 9.84 Å². The summed E-state index contributed by atoms with van der Waals surface area (Å²) in [7, 11) is 0. The molecule has 0 amide bonds. The Hall–Kier alpha value is -1.04. The van der Waals surface area contributed by atoms with Crippen LogP contribution in [0.5, 0.6) is 0 Å². The zero-order valence-electron chi connectivity index (χ0n) is 9.56. The summed E-state index contributed by atoms with van der Waals surface area (Å²) in [4.78, 5) is 8.45. The quantitative estimate of drug-likeness (QED) is 0.867. The standard InChI is InChI=1S/C10H16N4OS/c1-10(2)4-6-16-9(13-10)11-5-3-8-12-7-15-14-8/h7H,3-6H2,1-2H3,(H,11,13). The molecule has 2 heterocycles. The Morgan fingerprint density at radius 1 is 1.62 bits per heavy atom. The van der Waals surface area contributed by atoms with Gasteiger partial charge in [-0.15, -0.1) is 0 Å². The Kier molecular flexibility index (Phi) is 3.48. The predicted molar refractivity (Wildman–Crippen MR) is 64.6 cm³/mol. The lowest BCUT2D eigenvalue weighted by Gasteiger charge is -2.32. The Labute approximate surface area is 99.1 Å². The lowest BCUT2D eigenvalue weighted by molar-refractivity contribution is 0.410. The van der Waals surface area contributed by atoms with Gasteiger partial charge in [-0.1, -0.05) is 16.9 Å². The molecule has 0 spiro atoms. The Bertz CT molecular complexity index is 361. The van der Waals surface area contributed by atoms with Gasteiger partial charge in [0, 0.05) is 24.3 Å². The van der Waals surface area contributed by atoms with E-state index in [9.17, 15) is 0 Å². The third-order valence-electron chi connectivity index (χ3n) is 2.41. The van der Waals surface area contributed by atoms with E-state index in [-0.39, 0.29) is 5.54 Å². The lowest BCUT2D eigenvalue weighted by atomic mass is 10.0. The molecule has 2 rings (SSSR count). The van der Waals surface area contributed by atoms with Crippen LogP contribution >= 0.6 is 11.8 Å². The lowest BCUT2D eigenvalue weighted by Crippen LogP contribution is -2.46. The second-order valence-electron chi connectivity index (χ2n) is 4.39. The number of aromatic nitrogens is 2. The maximum Gasteiger partial charge on any atom is 0.213 e. The molecule has 16 heavy (non-hydrogen) atoms. The van der Waals surface area contributed by atoms with E-state index in [2.05, 4.69) is 38.8 Å². The van der Waals surface area contributed by atoms with Crippen LogP contribution in [0, 0.1) is 0 Å². The van der Waals surface area contributed by atoms with Crippen molar-refractivity contribution in [1.82, 2.24) is 15.5 Å². The third-order valence-corrected chi connectivity index (χ3v) is 3.32. The van der Waals surface area contributed by atoms with Crippen LogP contribution < -0.4 is 5.32 Å². The third kappa shape index (κ3) is 3.23. The molecule has 88 valence electrons. The van der Waals surface area contributed by atoms with Crippen molar-refractivity contribution in [3.05, 3.63) is 12.2 Å². The fourth-order valence-electron chi connectivity index (χ4n) is 1.44. The van der Waals surface area contributed by atoms with E-state index in [0.29, 0.717) is 12.4 Å². The van der Waals surface area contributed by atoms with Gasteiger partial charge in [0.05, 0.1) is 0 Å². The van der Waals surface area contributed by atoms with Gasteiger partial charge >= 0.3 is 0 Å². The normalized spacial score (nSPS) is 22.0. The highest BCUT2D eigenvalue weighted by Gasteiger charge is 2.23. The molecule has 0 saturated carbocycles. The second kappa shape index (κ2) is 4.86. The van der Waals surface area contributed by atoms with Crippen LogP contribution in [0.25, 0.3) is 0 Å². The molecular formula is C10H16N4OS. The van der Waals surface area contributed by atoms with E-state index >= 15 is 0 Å². The van der Waals surface area contributed by atoms with Crippen molar-refractivity contribution in [2.45, 2.75) is 32.2 Å². The molecule has 1 aromatic rings. The molecule has 1 fully saturated rings. The van der Waals surface area contributed by atoms with E-state index in [4.69, 9.17) is 0 Å². The van der Waals surface area contributed by atoms with Crippen molar-refractivity contribution in [3.63, 3.8) is 0 Å². The highest BCUT2D eigenvalue weighted by Crippen LogP contribution is 2.21. The van der Waals surface area contributed by atoms with Crippen LogP contribution in [0.2, 0.25) is 0 Å². The van der Waals surface area contributed by atoms with E-state index in [1.807, 2.05) is 0 Å². The first-order valence-corrected chi connectivity index (χ1v) is 6.35. The highest BCUT2D eigenvalue weighted by atomic mass is 32.2. The number of nitrogens with zero attached hydrogens (tertiary/aromatic N) is 3. The summed E-state index contributed by atoms with van der Waals surface area (Å²) in [6.07, 6.45) is 3.24. The topological polar surface area (TPSA) is 63.3 Å². The molecule has 0 atom stereocenters. The summed E-state index contributed by atoms with van der Waals surface area (Å²) in [6.45, 7) is 5.09. The fraction of sp³-hybridized carbons (Fsp3) is 0.700. The molecule has 0 aliphatic carbocycles. The zero-order valence-corrected chi connectivity index (χ0v) is 10.4. The Morgan fingerprint density at radius 3 is 3.19 bits per heavy atom. The summed E-state index contributed by atoms with van der Waals surface area (Å²) >= 11 is 1.78. The minimum absolute atomic E-state index is 0.163. The van der Waals surface area contributed by atoms with Gasteiger partial charge in [0.2, 0.25) is 6.39 Å². The maximum atomic E-state index is 4.66. The Morgan fingerprint density at radius 2 is 2.50 bits per heavy atom. The first kappa shape index (κ1) is 11.4. The first-order chi connectivity index (χ1) is 7.66. The van der Waals surface area contributed by atoms with Gasteiger partial charge in [-0.2, -0.15) is 4.98 Å². The smallest absolute Gasteiger partial charge is 0.213 e. The highest BCUT2D eigenvalue weighted by molar-refractivity contribution is 8.13. The van der Waals surface area contributed by atoms with Crippen molar-refractivity contribution in [2.75, 3.05) is 12.3 Å². The van der Waals surface area contributed by atoms with Gasteiger partial charge in [-0.05, 0) is 20.3 Å². The summed E-state index contributed by atoms with van der Waals surface area (Å²) < 4.78 is 4.66. The van der Waals surface area contributed by atoms with Gasteiger partial charge in [0.15, 0.2) is 11.0 Å². The molecule has 1 N–H and O–H groups in total. The van der Waals surface area contributed by atoms with Crippen molar-refractivity contribution >= 4 is 16.9 Å². The monoisotopic (exact) mass is 240 g/mol. The number of hydrogen-bond donors (Lipinski definition) is 1. The van der Waals surface area contributed by atoms with Crippen LogP contribution in [-0.4, -0.2) is 33.1 Å². The second-order valence-corrected chi connectivity index (χ2v) is 5.48. The number of thioether (sulfide) groups is 1. The molecule has 6 heteroatoms. The van der Waals surface area contributed by atoms with Crippen molar-refractivity contribution in [3.8, 4) is 0 Å². The molecule has 0 radical (unpaired) electrons. The number of hydrogen-bond acceptors (Lipinski definition) is 5. The summed E-state index contributed by atoms with van der Waals surface area (Å²) in [6, 6.07) is 0. The fourth-order valence-corrected chi connectivity index (χ4v) is 2.77. The average molecular weight is 240 g/mol. The zero-order chi connectivity index (χ0) is 11.4. The first-order valence-electron chi connectivity index (χ1n) is 5.36. The predicted octanol–water partition coefficient (Wildman–Crippen LogP) is 1.47. The van der Waals surface area contributed by atoms with Crippen LogP contribution in [0.4, 0.5) is 0 Å². The maximum absolute atomic E-state index is 4.66. The number of rotatable bonds is 3. The van der Waals surface area contributed by atoms with Crippen LogP contribution in [0.3, 0.4) is 0 Å². The van der Waals surface area contributed by atoms with Gasteiger partial charge in [0.1, 0.15) is 0 Å².